The van der Waals surface area contributed by atoms with Crippen LogP contribution in [0.2, 0.25) is 0 Å². The van der Waals surface area contributed by atoms with Crippen molar-refractivity contribution in [3.05, 3.63) is 18.0 Å². The summed E-state index contributed by atoms with van der Waals surface area (Å²) in [5.41, 5.74) is 1.25. The molecule has 3 heterocycles. The Balaban J connectivity index is 1.67. The highest BCUT2D eigenvalue weighted by Crippen LogP contribution is 2.32. The van der Waals surface area contributed by atoms with Gasteiger partial charge < -0.3 is 9.64 Å². The van der Waals surface area contributed by atoms with Crippen molar-refractivity contribution in [3.63, 3.8) is 0 Å². The predicted octanol–water partition coefficient (Wildman–Crippen LogP) is 0.632. The standard InChI is InChI=1S/C15H24N4O2/c1-17-10-12(9-16-17)11-18-6-5-14-13(18)3-4-15(20)19(14)7-8-21-2/h9-10,13-14H,3-8,11H2,1-2H3/t13-,14-/m1/s1. The number of piperidine rings is 1. The van der Waals surface area contributed by atoms with Crippen LogP contribution in [-0.4, -0.2) is 64.4 Å². The molecule has 0 spiro atoms. The van der Waals surface area contributed by atoms with E-state index in [4.69, 9.17) is 4.74 Å². The molecule has 6 nitrogen and oxygen atoms in total. The first-order valence-corrected chi connectivity index (χ1v) is 7.69. The lowest BCUT2D eigenvalue weighted by Gasteiger charge is -2.39. The minimum atomic E-state index is 0.288. The van der Waals surface area contributed by atoms with Crippen LogP contribution in [0.3, 0.4) is 0 Å². The van der Waals surface area contributed by atoms with Crippen molar-refractivity contribution in [2.75, 3.05) is 26.8 Å². The molecule has 1 aromatic rings. The molecular formula is C15H24N4O2. The lowest BCUT2D eigenvalue weighted by atomic mass is 9.96. The number of amides is 1. The van der Waals surface area contributed by atoms with Crippen LogP contribution in [-0.2, 0) is 23.1 Å². The van der Waals surface area contributed by atoms with Gasteiger partial charge in [-0.05, 0) is 12.8 Å². The Morgan fingerprint density at radius 2 is 2.24 bits per heavy atom. The van der Waals surface area contributed by atoms with Crippen molar-refractivity contribution in [1.82, 2.24) is 19.6 Å². The van der Waals surface area contributed by atoms with E-state index in [9.17, 15) is 4.79 Å². The molecule has 2 aliphatic rings. The summed E-state index contributed by atoms with van der Waals surface area (Å²) in [7, 11) is 3.64. The van der Waals surface area contributed by atoms with Gasteiger partial charge in [0.1, 0.15) is 0 Å². The van der Waals surface area contributed by atoms with Crippen LogP contribution in [0.15, 0.2) is 12.4 Å². The summed E-state index contributed by atoms with van der Waals surface area (Å²) in [5, 5.41) is 4.24. The fraction of sp³-hybridized carbons (Fsp3) is 0.733. The maximum absolute atomic E-state index is 12.1. The van der Waals surface area contributed by atoms with Crippen molar-refractivity contribution >= 4 is 5.91 Å². The quantitative estimate of drug-likeness (QED) is 0.799. The Bertz CT molecular complexity index is 502. The molecule has 2 saturated heterocycles. The van der Waals surface area contributed by atoms with Crippen LogP contribution >= 0.6 is 0 Å². The predicted molar refractivity (Wildman–Crippen MR) is 78.6 cm³/mol. The number of rotatable bonds is 5. The first-order chi connectivity index (χ1) is 10.2. The van der Waals surface area contributed by atoms with Gasteiger partial charge in [-0.2, -0.15) is 5.10 Å². The molecule has 6 heteroatoms. The van der Waals surface area contributed by atoms with E-state index in [1.165, 1.54) is 5.56 Å². The molecule has 0 saturated carbocycles. The molecule has 0 aromatic carbocycles. The zero-order valence-electron chi connectivity index (χ0n) is 12.9. The van der Waals surface area contributed by atoms with Crippen LogP contribution in [0.1, 0.15) is 24.8 Å². The second-order valence-corrected chi connectivity index (χ2v) is 6.03. The molecule has 0 unspecified atom stereocenters. The largest absolute Gasteiger partial charge is 0.383 e. The first-order valence-electron chi connectivity index (χ1n) is 7.69. The van der Waals surface area contributed by atoms with Crippen molar-refractivity contribution in [2.24, 2.45) is 7.05 Å². The second kappa shape index (κ2) is 6.15. The molecule has 21 heavy (non-hydrogen) atoms. The number of carbonyl (C=O) groups excluding carboxylic acids is 1. The Morgan fingerprint density at radius 3 is 2.95 bits per heavy atom. The van der Waals surface area contributed by atoms with Crippen molar-refractivity contribution in [3.8, 4) is 0 Å². The third kappa shape index (κ3) is 2.96. The van der Waals surface area contributed by atoms with Crippen LogP contribution < -0.4 is 0 Å². The number of carbonyl (C=O) groups is 1. The van der Waals surface area contributed by atoms with Crippen molar-refractivity contribution < 1.29 is 9.53 Å². The van der Waals surface area contributed by atoms with Gasteiger partial charge in [-0.25, -0.2) is 0 Å². The summed E-state index contributed by atoms with van der Waals surface area (Å²) in [6.45, 7) is 3.33. The molecule has 2 atom stereocenters. The third-order valence-corrected chi connectivity index (χ3v) is 4.68. The van der Waals surface area contributed by atoms with Crippen LogP contribution in [0.5, 0.6) is 0 Å². The van der Waals surface area contributed by atoms with Gasteiger partial charge in [-0.15, -0.1) is 0 Å². The van der Waals surface area contributed by atoms with E-state index in [-0.39, 0.29) is 5.91 Å². The number of hydrogen-bond donors (Lipinski definition) is 0. The molecule has 2 aliphatic heterocycles. The highest BCUT2D eigenvalue weighted by molar-refractivity contribution is 5.77. The highest BCUT2D eigenvalue weighted by atomic mass is 16.5. The molecular weight excluding hydrogens is 268 g/mol. The van der Waals surface area contributed by atoms with Gasteiger partial charge in [0.05, 0.1) is 12.8 Å². The van der Waals surface area contributed by atoms with Crippen molar-refractivity contribution in [2.45, 2.75) is 37.9 Å². The Labute approximate surface area is 125 Å². The number of hydrogen-bond acceptors (Lipinski definition) is 4. The molecule has 0 N–H and O–H groups in total. The van der Waals surface area contributed by atoms with E-state index in [1.54, 1.807) is 7.11 Å². The molecule has 1 aromatic heterocycles. The fourth-order valence-electron chi connectivity index (χ4n) is 3.70. The average Bonchev–Trinajstić information content (AvgIpc) is 3.05. The van der Waals surface area contributed by atoms with Gasteiger partial charge in [0.15, 0.2) is 0 Å². The SMILES string of the molecule is COCCN1C(=O)CC[C@@H]2[C@H]1CCN2Cc1cnn(C)c1. The van der Waals surface area contributed by atoms with Crippen LogP contribution in [0.4, 0.5) is 0 Å². The maximum Gasteiger partial charge on any atom is 0.223 e. The lowest BCUT2D eigenvalue weighted by molar-refractivity contribution is -0.138. The summed E-state index contributed by atoms with van der Waals surface area (Å²) < 4.78 is 6.99. The Hall–Kier alpha value is -1.40. The number of ether oxygens (including phenoxy) is 1. The molecule has 0 radical (unpaired) electrons. The summed E-state index contributed by atoms with van der Waals surface area (Å²) in [4.78, 5) is 16.7. The molecule has 3 rings (SSSR count). The fourth-order valence-corrected chi connectivity index (χ4v) is 3.70. The number of fused-ring (bicyclic) bond motifs is 1. The van der Waals surface area contributed by atoms with E-state index in [1.807, 2.05) is 22.8 Å². The first kappa shape index (κ1) is 14.5. The summed E-state index contributed by atoms with van der Waals surface area (Å²) in [6.07, 6.45) is 6.72. The van der Waals surface area contributed by atoms with Gasteiger partial charge in [0, 0.05) is 64.1 Å². The summed E-state index contributed by atoms with van der Waals surface area (Å²) in [5.74, 6) is 0.288. The molecule has 0 bridgehead atoms. The number of likely N-dealkylation sites (tertiary alicyclic amines) is 2. The van der Waals surface area contributed by atoms with E-state index >= 15 is 0 Å². The Kier molecular flexibility index (Phi) is 4.26. The van der Waals surface area contributed by atoms with Gasteiger partial charge >= 0.3 is 0 Å². The second-order valence-electron chi connectivity index (χ2n) is 6.03. The zero-order chi connectivity index (χ0) is 14.8. The smallest absolute Gasteiger partial charge is 0.223 e. The number of nitrogens with zero attached hydrogens (tertiary/aromatic N) is 4. The number of aryl methyl sites for hydroxylation is 1. The minimum Gasteiger partial charge on any atom is -0.383 e. The maximum atomic E-state index is 12.1. The van der Waals surface area contributed by atoms with Crippen LogP contribution in [0.25, 0.3) is 0 Å². The van der Waals surface area contributed by atoms with Crippen molar-refractivity contribution in [1.29, 1.82) is 0 Å². The molecule has 1 amide bonds. The van der Waals surface area contributed by atoms with Gasteiger partial charge in [-0.1, -0.05) is 0 Å². The van der Waals surface area contributed by atoms with E-state index in [0.717, 1.165) is 32.5 Å². The van der Waals surface area contributed by atoms with Gasteiger partial charge in [0.25, 0.3) is 0 Å². The number of methoxy groups -OCH3 is 1. The minimum absolute atomic E-state index is 0.288. The van der Waals surface area contributed by atoms with E-state index in [2.05, 4.69) is 16.2 Å². The average molecular weight is 292 g/mol. The summed E-state index contributed by atoms with van der Waals surface area (Å²) >= 11 is 0. The molecule has 2 fully saturated rings. The third-order valence-electron chi connectivity index (χ3n) is 4.68. The van der Waals surface area contributed by atoms with E-state index in [0.29, 0.717) is 25.1 Å². The zero-order valence-corrected chi connectivity index (χ0v) is 12.9. The van der Waals surface area contributed by atoms with E-state index < -0.39 is 0 Å². The number of aromatic nitrogens is 2. The van der Waals surface area contributed by atoms with Crippen LogP contribution in [0, 0.1) is 0 Å². The molecule has 116 valence electrons. The van der Waals surface area contributed by atoms with Gasteiger partial charge in [-0.3, -0.25) is 14.4 Å². The topological polar surface area (TPSA) is 50.6 Å². The highest BCUT2D eigenvalue weighted by Gasteiger charge is 2.42. The van der Waals surface area contributed by atoms with Gasteiger partial charge in [0.2, 0.25) is 5.91 Å². The monoisotopic (exact) mass is 292 g/mol. The lowest BCUT2D eigenvalue weighted by Crippen LogP contribution is -2.52. The summed E-state index contributed by atoms with van der Waals surface area (Å²) in [6, 6.07) is 0.845. The normalized spacial score (nSPS) is 26.4. The Morgan fingerprint density at radius 1 is 1.38 bits per heavy atom. The molecule has 0 aliphatic carbocycles.